The highest BCUT2D eigenvalue weighted by Crippen LogP contribution is 2.14. The fraction of sp³-hybridized carbons (Fsp3) is 0.571. The third kappa shape index (κ3) is 3.92. The molecule has 0 aromatic carbocycles. The Labute approximate surface area is 114 Å². The molecule has 1 atom stereocenters. The maximum Gasteiger partial charge on any atom is 0.272 e. The summed E-state index contributed by atoms with van der Waals surface area (Å²) in [6.07, 6.45) is 5.31. The average molecular weight is 262 g/mol. The standard InChI is InChI=1S/C14H22N4O/c1-18(2)14(19)13-9-11(6-8-16-13)17-12-5-3-4-7-15-10-12/h6,8-9,12,15H,3-5,7,10H2,1-2H3,(H,16,17). The first-order valence-electron chi connectivity index (χ1n) is 6.82. The normalized spacial score (nSPS) is 19.6. The number of amides is 1. The van der Waals surface area contributed by atoms with E-state index in [9.17, 15) is 4.79 Å². The van der Waals surface area contributed by atoms with Gasteiger partial charge in [0.25, 0.3) is 5.91 Å². The third-order valence-corrected chi connectivity index (χ3v) is 3.30. The Hall–Kier alpha value is -1.62. The van der Waals surface area contributed by atoms with E-state index < -0.39 is 0 Å². The van der Waals surface area contributed by atoms with Crippen molar-refractivity contribution in [3.8, 4) is 0 Å². The number of pyridine rings is 1. The first-order valence-corrected chi connectivity index (χ1v) is 6.82. The van der Waals surface area contributed by atoms with Crippen LogP contribution in [0.15, 0.2) is 18.3 Å². The Morgan fingerprint density at radius 3 is 3.11 bits per heavy atom. The zero-order valence-electron chi connectivity index (χ0n) is 11.6. The second-order valence-corrected chi connectivity index (χ2v) is 5.17. The molecular formula is C14H22N4O. The molecule has 1 aliphatic heterocycles. The molecule has 1 aromatic rings. The van der Waals surface area contributed by atoms with Crippen molar-refractivity contribution in [2.24, 2.45) is 0 Å². The summed E-state index contributed by atoms with van der Waals surface area (Å²) in [6.45, 7) is 2.07. The summed E-state index contributed by atoms with van der Waals surface area (Å²) in [5, 5.41) is 6.90. The van der Waals surface area contributed by atoms with Crippen molar-refractivity contribution in [3.05, 3.63) is 24.0 Å². The fourth-order valence-corrected chi connectivity index (χ4v) is 2.24. The monoisotopic (exact) mass is 262 g/mol. The van der Waals surface area contributed by atoms with Crippen molar-refractivity contribution in [1.29, 1.82) is 0 Å². The topological polar surface area (TPSA) is 57.3 Å². The van der Waals surface area contributed by atoms with Crippen LogP contribution in [0.5, 0.6) is 0 Å². The molecule has 0 aliphatic carbocycles. The van der Waals surface area contributed by atoms with Gasteiger partial charge in [0.15, 0.2) is 0 Å². The van der Waals surface area contributed by atoms with Gasteiger partial charge in [-0.05, 0) is 31.5 Å². The summed E-state index contributed by atoms with van der Waals surface area (Å²) in [4.78, 5) is 17.5. The Morgan fingerprint density at radius 2 is 2.32 bits per heavy atom. The Kier molecular flexibility index (Phi) is 4.74. The number of nitrogens with one attached hydrogen (secondary N) is 2. The fourth-order valence-electron chi connectivity index (χ4n) is 2.24. The van der Waals surface area contributed by atoms with Crippen LogP contribution < -0.4 is 10.6 Å². The summed E-state index contributed by atoms with van der Waals surface area (Å²) in [6, 6.07) is 4.16. The van der Waals surface area contributed by atoms with Gasteiger partial charge < -0.3 is 15.5 Å². The highest BCUT2D eigenvalue weighted by molar-refractivity contribution is 5.92. The highest BCUT2D eigenvalue weighted by Gasteiger charge is 2.13. The number of rotatable bonds is 3. The second-order valence-electron chi connectivity index (χ2n) is 5.17. The van der Waals surface area contributed by atoms with Gasteiger partial charge >= 0.3 is 0 Å². The molecule has 1 aromatic heterocycles. The molecule has 1 aliphatic rings. The predicted molar refractivity (Wildman–Crippen MR) is 76.4 cm³/mol. The molecule has 1 fully saturated rings. The minimum absolute atomic E-state index is 0.0670. The van der Waals surface area contributed by atoms with Crippen molar-refractivity contribution in [3.63, 3.8) is 0 Å². The summed E-state index contributed by atoms with van der Waals surface area (Å²) in [5.41, 5.74) is 1.45. The molecule has 0 spiro atoms. The maximum atomic E-state index is 11.9. The van der Waals surface area contributed by atoms with Crippen LogP contribution in [0, 0.1) is 0 Å². The molecular weight excluding hydrogens is 240 g/mol. The Balaban J connectivity index is 2.04. The van der Waals surface area contributed by atoms with Crippen LogP contribution in [0.1, 0.15) is 29.8 Å². The maximum absolute atomic E-state index is 11.9. The molecule has 1 amide bonds. The quantitative estimate of drug-likeness (QED) is 0.863. The van der Waals surface area contributed by atoms with Crippen molar-refractivity contribution in [2.45, 2.75) is 25.3 Å². The van der Waals surface area contributed by atoms with Crippen LogP contribution >= 0.6 is 0 Å². The smallest absolute Gasteiger partial charge is 0.272 e. The lowest BCUT2D eigenvalue weighted by Crippen LogP contribution is -2.31. The molecule has 5 heteroatoms. The predicted octanol–water partition coefficient (Wildman–Crippen LogP) is 1.34. The lowest BCUT2D eigenvalue weighted by molar-refractivity contribution is 0.0822. The Bertz CT molecular complexity index is 425. The summed E-state index contributed by atoms with van der Waals surface area (Å²) in [5.74, 6) is -0.0670. The number of aromatic nitrogens is 1. The molecule has 104 valence electrons. The minimum Gasteiger partial charge on any atom is -0.381 e. The molecule has 0 bridgehead atoms. The van der Waals surface area contributed by atoms with E-state index in [2.05, 4.69) is 15.6 Å². The molecule has 1 saturated heterocycles. The van der Waals surface area contributed by atoms with Gasteiger partial charge in [-0.25, -0.2) is 0 Å². The van der Waals surface area contributed by atoms with Crippen molar-refractivity contribution < 1.29 is 4.79 Å². The van der Waals surface area contributed by atoms with E-state index in [4.69, 9.17) is 0 Å². The van der Waals surface area contributed by atoms with E-state index >= 15 is 0 Å². The molecule has 19 heavy (non-hydrogen) atoms. The van der Waals surface area contributed by atoms with E-state index in [1.807, 2.05) is 12.1 Å². The largest absolute Gasteiger partial charge is 0.381 e. The molecule has 0 saturated carbocycles. The van der Waals surface area contributed by atoms with Gasteiger partial charge in [0.05, 0.1) is 0 Å². The number of anilines is 1. The van der Waals surface area contributed by atoms with Crippen molar-refractivity contribution in [2.75, 3.05) is 32.5 Å². The van der Waals surface area contributed by atoms with E-state index in [1.54, 1.807) is 25.2 Å². The lowest BCUT2D eigenvalue weighted by Gasteiger charge is -2.18. The third-order valence-electron chi connectivity index (χ3n) is 3.30. The van der Waals surface area contributed by atoms with E-state index in [1.165, 1.54) is 12.8 Å². The lowest BCUT2D eigenvalue weighted by atomic mass is 10.1. The molecule has 2 heterocycles. The van der Waals surface area contributed by atoms with Gasteiger partial charge in [-0.2, -0.15) is 0 Å². The number of hydrogen-bond acceptors (Lipinski definition) is 4. The van der Waals surface area contributed by atoms with Crippen LogP contribution in [0.4, 0.5) is 5.69 Å². The van der Waals surface area contributed by atoms with Crippen LogP contribution in [0.3, 0.4) is 0 Å². The van der Waals surface area contributed by atoms with Gasteiger partial charge in [0, 0.05) is 38.6 Å². The molecule has 2 N–H and O–H groups in total. The summed E-state index contributed by atoms with van der Waals surface area (Å²) in [7, 11) is 3.47. The zero-order valence-corrected chi connectivity index (χ0v) is 11.6. The van der Waals surface area contributed by atoms with E-state index in [0.717, 1.165) is 25.2 Å². The summed E-state index contributed by atoms with van der Waals surface area (Å²) >= 11 is 0. The van der Waals surface area contributed by atoms with Gasteiger partial charge in [0.2, 0.25) is 0 Å². The molecule has 2 rings (SSSR count). The first kappa shape index (κ1) is 13.8. The van der Waals surface area contributed by atoms with Crippen LogP contribution in [-0.2, 0) is 0 Å². The van der Waals surface area contributed by atoms with Crippen molar-refractivity contribution >= 4 is 11.6 Å². The second kappa shape index (κ2) is 6.52. The number of carbonyl (C=O) groups excluding carboxylic acids is 1. The van der Waals surface area contributed by atoms with Gasteiger partial charge in [-0.1, -0.05) is 6.42 Å². The van der Waals surface area contributed by atoms with Gasteiger partial charge in [-0.3, -0.25) is 9.78 Å². The van der Waals surface area contributed by atoms with Crippen LogP contribution in [0.2, 0.25) is 0 Å². The molecule has 0 radical (unpaired) electrons. The first-order chi connectivity index (χ1) is 9.16. The Morgan fingerprint density at radius 1 is 1.47 bits per heavy atom. The van der Waals surface area contributed by atoms with Crippen LogP contribution in [-0.4, -0.2) is 49.0 Å². The molecule has 1 unspecified atom stereocenters. The average Bonchev–Trinajstić information content (AvgIpc) is 2.66. The number of nitrogens with zero attached hydrogens (tertiary/aromatic N) is 2. The van der Waals surface area contributed by atoms with Crippen LogP contribution in [0.25, 0.3) is 0 Å². The molecule has 5 nitrogen and oxygen atoms in total. The highest BCUT2D eigenvalue weighted by atomic mass is 16.2. The van der Waals surface area contributed by atoms with Crippen molar-refractivity contribution in [1.82, 2.24) is 15.2 Å². The minimum atomic E-state index is -0.0670. The van der Waals surface area contributed by atoms with E-state index in [-0.39, 0.29) is 5.91 Å². The SMILES string of the molecule is CN(C)C(=O)c1cc(NC2CCCCNC2)ccn1. The summed E-state index contributed by atoms with van der Waals surface area (Å²) < 4.78 is 0. The van der Waals surface area contributed by atoms with Gasteiger partial charge in [-0.15, -0.1) is 0 Å². The van der Waals surface area contributed by atoms with Gasteiger partial charge in [0.1, 0.15) is 5.69 Å². The zero-order chi connectivity index (χ0) is 13.7. The number of carbonyl (C=O) groups is 1. The van der Waals surface area contributed by atoms with E-state index in [0.29, 0.717) is 11.7 Å². The number of hydrogen-bond donors (Lipinski definition) is 2.